The standard InChI is InChI=1S/C15H20N2OS/c1-11-14(18)17(10-15(19-2)8-9-15)13(16-11)12-6-4-3-5-7-12/h3-7,11,13,16H,8-10H2,1-2H3. The van der Waals surface area contributed by atoms with E-state index in [4.69, 9.17) is 0 Å². The highest BCUT2D eigenvalue weighted by Gasteiger charge is 2.48. The molecular weight excluding hydrogens is 256 g/mol. The van der Waals surface area contributed by atoms with Gasteiger partial charge in [0.05, 0.1) is 6.04 Å². The van der Waals surface area contributed by atoms with Crippen LogP contribution in [0.5, 0.6) is 0 Å². The molecule has 0 spiro atoms. The number of hydrogen-bond acceptors (Lipinski definition) is 3. The van der Waals surface area contributed by atoms with Gasteiger partial charge >= 0.3 is 0 Å². The summed E-state index contributed by atoms with van der Waals surface area (Å²) in [6.07, 6.45) is 4.65. The first-order valence-corrected chi connectivity index (χ1v) is 8.04. The predicted octanol–water partition coefficient (Wildman–Crippen LogP) is 2.40. The van der Waals surface area contributed by atoms with E-state index in [-0.39, 0.29) is 18.1 Å². The van der Waals surface area contributed by atoms with Crippen molar-refractivity contribution in [3.8, 4) is 0 Å². The van der Waals surface area contributed by atoms with Crippen LogP contribution in [-0.2, 0) is 4.79 Å². The lowest BCUT2D eigenvalue weighted by Gasteiger charge is -2.28. The van der Waals surface area contributed by atoms with E-state index in [9.17, 15) is 4.79 Å². The van der Waals surface area contributed by atoms with Crippen LogP contribution >= 0.6 is 11.8 Å². The molecule has 1 N–H and O–H groups in total. The Bertz CT molecular complexity index is 472. The van der Waals surface area contributed by atoms with Gasteiger partial charge in [-0.05, 0) is 31.6 Å². The molecule has 1 saturated carbocycles. The quantitative estimate of drug-likeness (QED) is 0.916. The van der Waals surface area contributed by atoms with Gasteiger partial charge in [-0.25, -0.2) is 0 Å². The fraction of sp³-hybridized carbons (Fsp3) is 0.533. The number of benzene rings is 1. The van der Waals surface area contributed by atoms with Gasteiger partial charge in [-0.2, -0.15) is 11.8 Å². The van der Waals surface area contributed by atoms with Crippen LogP contribution in [0.15, 0.2) is 30.3 Å². The van der Waals surface area contributed by atoms with Gasteiger partial charge in [0, 0.05) is 11.3 Å². The third kappa shape index (κ3) is 2.39. The SMILES string of the molecule is CSC1(CN2C(=O)C(C)NC2c2ccccc2)CC1. The molecule has 1 amide bonds. The normalized spacial score (nSPS) is 28.7. The number of carbonyl (C=O) groups is 1. The molecule has 2 atom stereocenters. The third-order valence-electron chi connectivity index (χ3n) is 4.19. The van der Waals surface area contributed by atoms with Crippen LogP contribution in [0.3, 0.4) is 0 Å². The largest absolute Gasteiger partial charge is 0.320 e. The summed E-state index contributed by atoms with van der Waals surface area (Å²) in [7, 11) is 0. The van der Waals surface area contributed by atoms with Crippen LogP contribution < -0.4 is 5.32 Å². The van der Waals surface area contributed by atoms with Crippen molar-refractivity contribution in [3.63, 3.8) is 0 Å². The second-order valence-electron chi connectivity index (χ2n) is 5.55. The molecule has 1 aliphatic carbocycles. The average molecular weight is 276 g/mol. The molecule has 2 unspecified atom stereocenters. The Kier molecular flexibility index (Phi) is 3.31. The van der Waals surface area contributed by atoms with Crippen LogP contribution in [0, 0.1) is 0 Å². The van der Waals surface area contributed by atoms with Crippen molar-refractivity contribution in [2.45, 2.75) is 36.7 Å². The monoisotopic (exact) mass is 276 g/mol. The van der Waals surface area contributed by atoms with E-state index in [1.165, 1.54) is 18.4 Å². The summed E-state index contributed by atoms with van der Waals surface area (Å²) in [4.78, 5) is 14.4. The maximum Gasteiger partial charge on any atom is 0.241 e. The molecule has 1 heterocycles. The Morgan fingerprint density at radius 2 is 2.05 bits per heavy atom. The Morgan fingerprint density at radius 3 is 2.63 bits per heavy atom. The Balaban J connectivity index is 1.84. The number of thioether (sulfide) groups is 1. The molecule has 2 fully saturated rings. The fourth-order valence-corrected chi connectivity index (χ4v) is 3.51. The second kappa shape index (κ2) is 4.84. The molecule has 1 aromatic rings. The topological polar surface area (TPSA) is 32.3 Å². The van der Waals surface area contributed by atoms with E-state index < -0.39 is 0 Å². The Hall–Kier alpha value is -1.00. The van der Waals surface area contributed by atoms with Crippen LogP contribution in [0.1, 0.15) is 31.5 Å². The lowest BCUT2D eigenvalue weighted by atomic mass is 10.1. The van der Waals surface area contributed by atoms with Crippen LogP contribution in [0.25, 0.3) is 0 Å². The van der Waals surface area contributed by atoms with Gasteiger partial charge in [0.15, 0.2) is 0 Å². The summed E-state index contributed by atoms with van der Waals surface area (Å²) >= 11 is 1.90. The predicted molar refractivity (Wildman–Crippen MR) is 79.0 cm³/mol. The van der Waals surface area contributed by atoms with Gasteiger partial charge in [0.2, 0.25) is 5.91 Å². The number of amides is 1. The highest BCUT2D eigenvalue weighted by Crippen LogP contribution is 2.49. The smallest absolute Gasteiger partial charge is 0.241 e. The lowest BCUT2D eigenvalue weighted by molar-refractivity contribution is -0.129. The number of nitrogens with one attached hydrogen (secondary N) is 1. The molecule has 0 bridgehead atoms. The highest BCUT2D eigenvalue weighted by atomic mass is 32.2. The van der Waals surface area contributed by atoms with Gasteiger partial charge in [-0.3, -0.25) is 10.1 Å². The third-order valence-corrected chi connectivity index (χ3v) is 5.59. The number of nitrogens with zero attached hydrogens (tertiary/aromatic N) is 1. The zero-order valence-corrected chi connectivity index (χ0v) is 12.2. The molecule has 0 aromatic heterocycles. The molecule has 1 aromatic carbocycles. The first-order valence-electron chi connectivity index (χ1n) is 6.82. The van der Waals surface area contributed by atoms with Crippen molar-refractivity contribution in [2.24, 2.45) is 0 Å². The van der Waals surface area contributed by atoms with Gasteiger partial charge in [0.25, 0.3) is 0 Å². The summed E-state index contributed by atoms with van der Waals surface area (Å²) in [5, 5.41) is 3.41. The highest BCUT2D eigenvalue weighted by molar-refractivity contribution is 8.00. The molecule has 0 radical (unpaired) electrons. The van der Waals surface area contributed by atoms with Crippen LogP contribution in [0.4, 0.5) is 0 Å². The molecule has 1 saturated heterocycles. The van der Waals surface area contributed by atoms with E-state index >= 15 is 0 Å². The first kappa shape index (κ1) is 13.0. The van der Waals surface area contributed by atoms with Crippen LogP contribution in [0.2, 0.25) is 0 Å². The minimum atomic E-state index is -0.0807. The van der Waals surface area contributed by atoms with Crippen molar-refractivity contribution in [3.05, 3.63) is 35.9 Å². The summed E-state index contributed by atoms with van der Waals surface area (Å²) in [5.41, 5.74) is 1.18. The Labute approximate surface area is 118 Å². The van der Waals surface area contributed by atoms with Gasteiger partial charge in [-0.15, -0.1) is 0 Å². The number of carbonyl (C=O) groups excluding carboxylic acids is 1. The van der Waals surface area contributed by atoms with Crippen LogP contribution in [-0.4, -0.2) is 34.4 Å². The summed E-state index contributed by atoms with van der Waals surface area (Å²) in [6.45, 7) is 2.82. The number of rotatable bonds is 4. The molecule has 19 heavy (non-hydrogen) atoms. The van der Waals surface area contributed by atoms with Gasteiger partial charge < -0.3 is 4.90 Å². The first-order chi connectivity index (χ1) is 9.15. The molecule has 3 nitrogen and oxygen atoms in total. The average Bonchev–Trinajstić information content (AvgIpc) is 3.17. The van der Waals surface area contributed by atoms with E-state index in [1.54, 1.807) is 0 Å². The maximum absolute atomic E-state index is 12.4. The van der Waals surface area contributed by atoms with E-state index in [1.807, 2.05) is 41.8 Å². The fourth-order valence-electron chi connectivity index (χ4n) is 2.73. The Morgan fingerprint density at radius 1 is 1.37 bits per heavy atom. The summed E-state index contributed by atoms with van der Waals surface area (Å²) < 4.78 is 0.314. The minimum absolute atomic E-state index is 0.0355. The van der Waals surface area contributed by atoms with Crippen molar-refractivity contribution >= 4 is 17.7 Å². The van der Waals surface area contributed by atoms with E-state index in [0.717, 1.165) is 6.54 Å². The van der Waals surface area contributed by atoms with Crippen molar-refractivity contribution in [1.82, 2.24) is 10.2 Å². The minimum Gasteiger partial charge on any atom is -0.320 e. The molecular formula is C15H20N2OS. The van der Waals surface area contributed by atoms with E-state index in [2.05, 4.69) is 23.7 Å². The summed E-state index contributed by atoms with van der Waals surface area (Å²) in [5.74, 6) is 0.231. The maximum atomic E-state index is 12.4. The van der Waals surface area contributed by atoms with Crippen molar-refractivity contribution < 1.29 is 4.79 Å². The lowest BCUT2D eigenvalue weighted by Crippen LogP contribution is -2.37. The summed E-state index contributed by atoms with van der Waals surface area (Å²) in [6, 6.07) is 10.2. The molecule has 102 valence electrons. The van der Waals surface area contributed by atoms with Gasteiger partial charge in [-0.1, -0.05) is 30.3 Å². The zero-order chi connectivity index (χ0) is 13.5. The molecule has 2 aliphatic rings. The molecule has 3 rings (SSSR count). The van der Waals surface area contributed by atoms with Crippen molar-refractivity contribution in [1.29, 1.82) is 0 Å². The van der Waals surface area contributed by atoms with Gasteiger partial charge in [0.1, 0.15) is 6.17 Å². The zero-order valence-electron chi connectivity index (χ0n) is 11.4. The second-order valence-corrected chi connectivity index (χ2v) is 6.83. The van der Waals surface area contributed by atoms with Crippen molar-refractivity contribution in [2.75, 3.05) is 12.8 Å². The molecule has 1 aliphatic heterocycles. The van der Waals surface area contributed by atoms with E-state index in [0.29, 0.717) is 4.75 Å². The number of hydrogen-bond donors (Lipinski definition) is 1. The molecule has 4 heteroatoms.